The standard InChI is InChI=1S/C22H26N4O/c27-22(23-11-10-18-16-24-21-9-5-4-8-20(18)21)17-25-12-14-26(15-13-25)19-6-2-1-3-7-19/h1-9,16,24H,10-15,17H2,(H,23,27). The molecule has 140 valence electrons. The molecular weight excluding hydrogens is 336 g/mol. The average Bonchev–Trinajstić information content (AvgIpc) is 3.12. The molecule has 1 aliphatic heterocycles. The number of anilines is 1. The largest absolute Gasteiger partial charge is 0.369 e. The topological polar surface area (TPSA) is 51.4 Å². The van der Waals surface area contributed by atoms with E-state index in [1.54, 1.807) is 0 Å². The monoisotopic (exact) mass is 362 g/mol. The van der Waals surface area contributed by atoms with Gasteiger partial charge in [0.25, 0.3) is 0 Å². The fourth-order valence-corrected chi connectivity index (χ4v) is 3.74. The van der Waals surface area contributed by atoms with E-state index in [9.17, 15) is 4.79 Å². The Morgan fingerprint density at radius 1 is 0.963 bits per heavy atom. The first-order valence-electron chi connectivity index (χ1n) is 9.63. The number of nitrogens with one attached hydrogen (secondary N) is 2. The van der Waals surface area contributed by atoms with Gasteiger partial charge < -0.3 is 15.2 Å². The highest BCUT2D eigenvalue weighted by atomic mass is 16.2. The van der Waals surface area contributed by atoms with Crippen LogP contribution in [0.5, 0.6) is 0 Å². The molecule has 1 fully saturated rings. The van der Waals surface area contributed by atoms with Crippen molar-refractivity contribution in [1.82, 2.24) is 15.2 Å². The van der Waals surface area contributed by atoms with Crippen LogP contribution in [0.3, 0.4) is 0 Å². The normalized spacial score (nSPS) is 15.2. The van der Waals surface area contributed by atoms with Crippen LogP contribution >= 0.6 is 0 Å². The Balaban J connectivity index is 1.20. The van der Waals surface area contributed by atoms with Crippen LogP contribution in [0.2, 0.25) is 0 Å². The maximum absolute atomic E-state index is 12.3. The van der Waals surface area contributed by atoms with Gasteiger partial charge >= 0.3 is 0 Å². The summed E-state index contributed by atoms with van der Waals surface area (Å²) < 4.78 is 0. The number of piperazine rings is 1. The number of carbonyl (C=O) groups excluding carboxylic acids is 1. The van der Waals surface area contributed by atoms with Crippen molar-refractivity contribution in [2.24, 2.45) is 0 Å². The quantitative estimate of drug-likeness (QED) is 0.709. The summed E-state index contributed by atoms with van der Waals surface area (Å²) in [7, 11) is 0. The molecule has 2 heterocycles. The van der Waals surface area contributed by atoms with Gasteiger partial charge in [0, 0.05) is 55.5 Å². The zero-order valence-corrected chi connectivity index (χ0v) is 15.5. The zero-order valence-electron chi connectivity index (χ0n) is 15.5. The summed E-state index contributed by atoms with van der Waals surface area (Å²) in [6.07, 6.45) is 2.89. The van der Waals surface area contributed by atoms with E-state index in [0.29, 0.717) is 13.1 Å². The van der Waals surface area contributed by atoms with E-state index in [1.807, 2.05) is 24.4 Å². The number of fused-ring (bicyclic) bond motifs is 1. The van der Waals surface area contributed by atoms with Crippen molar-refractivity contribution >= 4 is 22.5 Å². The van der Waals surface area contributed by atoms with Crippen LogP contribution in [0.25, 0.3) is 10.9 Å². The minimum absolute atomic E-state index is 0.114. The Hall–Kier alpha value is -2.79. The van der Waals surface area contributed by atoms with Crippen LogP contribution in [-0.4, -0.2) is 55.1 Å². The Bertz CT molecular complexity index is 881. The lowest BCUT2D eigenvalue weighted by molar-refractivity contribution is -0.122. The number of rotatable bonds is 6. The summed E-state index contributed by atoms with van der Waals surface area (Å²) in [5.74, 6) is 0.114. The van der Waals surface area contributed by atoms with Gasteiger partial charge in [-0.2, -0.15) is 0 Å². The van der Waals surface area contributed by atoms with Crippen molar-refractivity contribution < 1.29 is 4.79 Å². The lowest BCUT2D eigenvalue weighted by atomic mass is 10.1. The minimum Gasteiger partial charge on any atom is -0.369 e. The molecule has 5 nitrogen and oxygen atoms in total. The van der Waals surface area contributed by atoms with Crippen LogP contribution in [0, 0.1) is 0 Å². The van der Waals surface area contributed by atoms with Gasteiger partial charge in [0.15, 0.2) is 0 Å². The molecule has 0 spiro atoms. The fraction of sp³-hybridized carbons (Fsp3) is 0.318. The third-order valence-corrected chi connectivity index (χ3v) is 5.25. The highest BCUT2D eigenvalue weighted by Gasteiger charge is 2.18. The number of para-hydroxylation sites is 2. The second-order valence-electron chi connectivity index (χ2n) is 7.06. The molecule has 4 rings (SSSR count). The van der Waals surface area contributed by atoms with E-state index in [0.717, 1.165) is 38.1 Å². The van der Waals surface area contributed by atoms with Crippen LogP contribution in [0.4, 0.5) is 5.69 Å². The molecule has 2 aromatic carbocycles. The molecule has 0 aliphatic carbocycles. The second kappa shape index (κ2) is 8.27. The van der Waals surface area contributed by atoms with Crippen molar-refractivity contribution in [1.29, 1.82) is 0 Å². The first-order chi connectivity index (χ1) is 13.3. The van der Waals surface area contributed by atoms with Gasteiger partial charge in [0.1, 0.15) is 0 Å². The van der Waals surface area contributed by atoms with Crippen molar-refractivity contribution in [2.45, 2.75) is 6.42 Å². The number of aromatic nitrogens is 1. The first kappa shape index (κ1) is 17.6. The lowest BCUT2D eigenvalue weighted by Gasteiger charge is -2.35. The van der Waals surface area contributed by atoms with E-state index < -0.39 is 0 Å². The summed E-state index contributed by atoms with van der Waals surface area (Å²) in [6.45, 7) is 4.93. The molecule has 3 aromatic rings. The second-order valence-corrected chi connectivity index (χ2v) is 7.06. The van der Waals surface area contributed by atoms with Crippen LogP contribution in [0.1, 0.15) is 5.56 Å². The maximum Gasteiger partial charge on any atom is 0.234 e. The van der Waals surface area contributed by atoms with Crippen molar-refractivity contribution in [3.05, 3.63) is 66.4 Å². The Morgan fingerprint density at radius 3 is 2.52 bits per heavy atom. The summed E-state index contributed by atoms with van der Waals surface area (Å²) in [5, 5.41) is 4.31. The number of H-pyrrole nitrogens is 1. The Labute approximate surface area is 160 Å². The highest BCUT2D eigenvalue weighted by molar-refractivity contribution is 5.83. The molecule has 1 amide bonds. The minimum atomic E-state index is 0.114. The van der Waals surface area contributed by atoms with E-state index in [1.165, 1.54) is 16.6 Å². The molecule has 1 saturated heterocycles. The van der Waals surface area contributed by atoms with Gasteiger partial charge in [0.2, 0.25) is 5.91 Å². The number of carbonyl (C=O) groups is 1. The zero-order chi connectivity index (χ0) is 18.5. The average molecular weight is 362 g/mol. The number of amides is 1. The van der Waals surface area contributed by atoms with Gasteiger partial charge in [-0.05, 0) is 30.2 Å². The smallest absolute Gasteiger partial charge is 0.234 e. The molecule has 1 aromatic heterocycles. The number of hydrogen-bond donors (Lipinski definition) is 2. The molecule has 27 heavy (non-hydrogen) atoms. The molecule has 0 atom stereocenters. The number of benzene rings is 2. The molecule has 2 N–H and O–H groups in total. The molecule has 0 unspecified atom stereocenters. The number of nitrogens with zero attached hydrogens (tertiary/aromatic N) is 2. The summed E-state index contributed by atoms with van der Waals surface area (Å²) >= 11 is 0. The third-order valence-electron chi connectivity index (χ3n) is 5.25. The van der Waals surface area contributed by atoms with Crippen LogP contribution < -0.4 is 10.2 Å². The highest BCUT2D eigenvalue weighted by Crippen LogP contribution is 2.18. The third kappa shape index (κ3) is 4.31. The van der Waals surface area contributed by atoms with Crippen LogP contribution in [-0.2, 0) is 11.2 Å². The molecule has 0 bridgehead atoms. The molecule has 1 aliphatic rings. The van der Waals surface area contributed by atoms with Gasteiger partial charge in [-0.15, -0.1) is 0 Å². The number of aromatic amines is 1. The molecular formula is C22H26N4O. The molecule has 5 heteroatoms. The van der Waals surface area contributed by atoms with E-state index in [4.69, 9.17) is 0 Å². The Morgan fingerprint density at radius 2 is 1.70 bits per heavy atom. The summed E-state index contributed by atoms with van der Waals surface area (Å²) in [6, 6.07) is 18.8. The van der Waals surface area contributed by atoms with E-state index in [-0.39, 0.29) is 5.91 Å². The van der Waals surface area contributed by atoms with Gasteiger partial charge in [-0.3, -0.25) is 9.69 Å². The first-order valence-corrected chi connectivity index (χ1v) is 9.63. The van der Waals surface area contributed by atoms with Crippen molar-refractivity contribution in [3.8, 4) is 0 Å². The van der Waals surface area contributed by atoms with Gasteiger partial charge in [0.05, 0.1) is 6.54 Å². The Kier molecular flexibility index (Phi) is 5.39. The van der Waals surface area contributed by atoms with Gasteiger partial charge in [-0.1, -0.05) is 36.4 Å². The van der Waals surface area contributed by atoms with Crippen molar-refractivity contribution in [3.63, 3.8) is 0 Å². The van der Waals surface area contributed by atoms with Gasteiger partial charge in [-0.25, -0.2) is 0 Å². The molecule has 0 radical (unpaired) electrons. The van der Waals surface area contributed by atoms with Crippen LogP contribution in [0.15, 0.2) is 60.8 Å². The SMILES string of the molecule is O=C(CN1CCN(c2ccccc2)CC1)NCCc1c[nH]c2ccccc12. The van der Waals surface area contributed by atoms with E-state index >= 15 is 0 Å². The number of hydrogen-bond acceptors (Lipinski definition) is 3. The maximum atomic E-state index is 12.3. The summed E-state index contributed by atoms with van der Waals surface area (Å²) in [5.41, 5.74) is 3.66. The van der Waals surface area contributed by atoms with Crippen molar-refractivity contribution in [2.75, 3.05) is 44.2 Å². The molecule has 0 saturated carbocycles. The lowest BCUT2D eigenvalue weighted by Crippen LogP contribution is -2.49. The predicted octanol–water partition coefficient (Wildman–Crippen LogP) is 2.65. The van der Waals surface area contributed by atoms with E-state index in [2.05, 4.69) is 56.5 Å². The summed E-state index contributed by atoms with van der Waals surface area (Å²) in [4.78, 5) is 20.2. The predicted molar refractivity (Wildman–Crippen MR) is 110 cm³/mol. The fourth-order valence-electron chi connectivity index (χ4n) is 3.74.